The molecule has 5 heteroatoms. The van der Waals surface area contributed by atoms with E-state index >= 15 is 0 Å². The number of hydrogen-bond acceptors (Lipinski definition) is 2. The van der Waals surface area contributed by atoms with Crippen molar-refractivity contribution in [3.05, 3.63) is 28.8 Å². The smallest absolute Gasteiger partial charge is 0.207 e. The molecule has 0 saturated carbocycles. The molecule has 0 heterocycles. The first kappa shape index (κ1) is 11.8. The van der Waals surface area contributed by atoms with Crippen molar-refractivity contribution in [3.63, 3.8) is 0 Å². The monoisotopic (exact) mass is 252 g/mol. The van der Waals surface area contributed by atoms with E-state index in [1.165, 1.54) is 6.07 Å². The van der Waals surface area contributed by atoms with Gasteiger partial charge in [-0.2, -0.15) is 0 Å². The second-order valence-electron chi connectivity index (χ2n) is 3.27. The maximum absolute atomic E-state index is 11.2. The van der Waals surface area contributed by atoms with Gasteiger partial charge >= 0.3 is 0 Å². The van der Waals surface area contributed by atoms with Crippen molar-refractivity contribution in [1.29, 1.82) is 0 Å². The Labute approximate surface area is 93.3 Å². The Balaban J connectivity index is 3.46. The number of rotatable bonds is 2. The molecule has 0 aliphatic carbocycles. The summed E-state index contributed by atoms with van der Waals surface area (Å²) in [5.74, 6) is 0.0933. The first-order valence-corrected chi connectivity index (χ1v) is 6.75. The first-order valence-electron chi connectivity index (χ1n) is 4.06. The van der Waals surface area contributed by atoms with E-state index in [4.69, 9.17) is 22.3 Å². The average Bonchev–Trinajstić information content (AvgIpc) is 2.01. The lowest BCUT2D eigenvalue weighted by molar-refractivity contribution is 0.607. The van der Waals surface area contributed by atoms with Gasteiger partial charge in [0.05, 0.1) is 4.90 Å². The van der Waals surface area contributed by atoms with E-state index in [0.29, 0.717) is 10.6 Å². The third-order valence-electron chi connectivity index (χ3n) is 1.86. The van der Waals surface area contributed by atoms with Crippen molar-refractivity contribution in [1.82, 2.24) is 0 Å². The van der Waals surface area contributed by atoms with Crippen molar-refractivity contribution in [3.8, 4) is 0 Å². The fourth-order valence-electron chi connectivity index (χ4n) is 1.20. The van der Waals surface area contributed by atoms with Crippen LogP contribution in [-0.2, 0) is 9.05 Å². The van der Waals surface area contributed by atoms with Crippen LogP contribution in [0.4, 0.5) is 0 Å². The van der Waals surface area contributed by atoms with Crippen LogP contribution in [0.2, 0.25) is 5.02 Å². The van der Waals surface area contributed by atoms with Crippen molar-refractivity contribution in [2.75, 3.05) is 0 Å². The summed E-state index contributed by atoms with van der Waals surface area (Å²) in [6, 6.07) is 4.71. The molecule has 1 aromatic carbocycles. The molecule has 0 spiro atoms. The molecule has 0 amide bonds. The normalized spacial score (nSPS) is 12.1. The van der Waals surface area contributed by atoms with Crippen LogP contribution in [0, 0.1) is 0 Å². The molecule has 1 rings (SSSR count). The van der Waals surface area contributed by atoms with Crippen LogP contribution >= 0.6 is 22.3 Å². The Kier molecular flexibility index (Phi) is 3.45. The lowest BCUT2D eigenvalue weighted by Gasteiger charge is -2.10. The Bertz CT molecular complexity index is 438. The number of hydrogen-bond donors (Lipinski definition) is 0. The van der Waals surface area contributed by atoms with Crippen LogP contribution in [0.3, 0.4) is 0 Å². The van der Waals surface area contributed by atoms with Gasteiger partial charge in [0.25, 0.3) is 9.05 Å². The molecular formula is C9H10Cl2O2S. The summed E-state index contributed by atoms with van der Waals surface area (Å²) in [4.78, 5) is 0.0988. The second kappa shape index (κ2) is 4.09. The Morgan fingerprint density at radius 3 is 2.29 bits per heavy atom. The molecule has 0 aromatic heterocycles. The summed E-state index contributed by atoms with van der Waals surface area (Å²) >= 11 is 5.70. The Hall–Kier alpha value is -0.250. The van der Waals surface area contributed by atoms with E-state index < -0.39 is 9.05 Å². The third-order valence-corrected chi connectivity index (χ3v) is 3.47. The number of benzene rings is 1. The predicted molar refractivity (Wildman–Crippen MR) is 58.6 cm³/mol. The molecule has 0 unspecified atom stereocenters. The molecule has 0 aliphatic rings. The van der Waals surface area contributed by atoms with Gasteiger partial charge < -0.3 is 0 Å². The predicted octanol–water partition coefficient (Wildman–Crippen LogP) is 3.39. The van der Waals surface area contributed by atoms with Gasteiger partial charge in [0.2, 0.25) is 0 Å². The zero-order valence-corrected chi connectivity index (χ0v) is 10.1. The van der Waals surface area contributed by atoms with Crippen LogP contribution < -0.4 is 0 Å². The van der Waals surface area contributed by atoms with Crippen LogP contribution in [0.25, 0.3) is 0 Å². The highest BCUT2D eigenvalue weighted by atomic mass is 35.7. The van der Waals surface area contributed by atoms with E-state index in [2.05, 4.69) is 0 Å². The molecule has 0 atom stereocenters. The summed E-state index contributed by atoms with van der Waals surface area (Å²) in [6.45, 7) is 3.80. The highest BCUT2D eigenvalue weighted by molar-refractivity contribution is 8.13. The summed E-state index contributed by atoms with van der Waals surface area (Å²) in [5.41, 5.74) is 0.685. The molecule has 0 radical (unpaired) electrons. The fourth-order valence-corrected chi connectivity index (χ4v) is 2.69. The van der Waals surface area contributed by atoms with Gasteiger partial charge in [0.1, 0.15) is 0 Å². The van der Waals surface area contributed by atoms with E-state index in [9.17, 15) is 8.42 Å². The molecule has 78 valence electrons. The standard InChI is InChI=1S/C9H10Cl2O2S/c1-6(2)8-4-3-7(10)5-9(8)14(11,12)13/h3-6H,1-2H3. The van der Waals surface area contributed by atoms with Crippen molar-refractivity contribution >= 4 is 31.3 Å². The molecule has 0 saturated heterocycles. The number of halogens is 2. The second-order valence-corrected chi connectivity index (χ2v) is 6.25. The van der Waals surface area contributed by atoms with Crippen molar-refractivity contribution < 1.29 is 8.42 Å². The summed E-state index contributed by atoms with van der Waals surface area (Å²) in [5, 5.41) is 0.369. The zero-order valence-electron chi connectivity index (χ0n) is 7.79. The molecule has 0 aliphatic heterocycles. The largest absolute Gasteiger partial charge is 0.261 e. The van der Waals surface area contributed by atoms with Gasteiger partial charge in [0, 0.05) is 15.7 Å². The van der Waals surface area contributed by atoms with Crippen molar-refractivity contribution in [2.24, 2.45) is 0 Å². The topological polar surface area (TPSA) is 34.1 Å². The fraction of sp³-hybridized carbons (Fsp3) is 0.333. The minimum atomic E-state index is -3.71. The quantitative estimate of drug-likeness (QED) is 0.757. The third kappa shape index (κ3) is 2.62. The molecule has 14 heavy (non-hydrogen) atoms. The van der Waals surface area contributed by atoms with Gasteiger partial charge in [-0.15, -0.1) is 0 Å². The lowest BCUT2D eigenvalue weighted by Crippen LogP contribution is -1.99. The minimum Gasteiger partial charge on any atom is -0.207 e. The van der Waals surface area contributed by atoms with Crippen LogP contribution in [0.5, 0.6) is 0 Å². The molecular weight excluding hydrogens is 243 g/mol. The highest BCUT2D eigenvalue weighted by Crippen LogP contribution is 2.28. The van der Waals surface area contributed by atoms with Crippen LogP contribution in [-0.4, -0.2) is 8.42 Å². The SMILES string of the molecule is CC(C)c1ccc(Cl)cc1S(=O)(=O)Cl. The molecule has 0 fully saturated rings. The molecule has 0 N–H and O–H groups in total. The Morgan fingerprint density at radius 2 is 1.86 bits per heavy atom. The van der Waals surface area contributed by atoms with Gasteiger partial charge in [-0.25, -0.2) is 8.42 Å². The maximum atomic E-state index is 11.2. The summed E-state index contributed by atoms with van der Waals surface area (Å²) in [6.07, 6.45) is 0. The van der Waals surface area contributed by atoms with Gasteiger partial charge in [-0.3, -0.25) is 0 Å². The average molecular weight is 253 g/mol. The molecule has 0 bridgehead atoms. The van der Waals surface area contributed by atoms with Gasteiger partial charge in [-0.1, -0.05) is 31.5 Å². The maximum Gasteiger partial charge on any atom is 0.261 e. The summed E-state index contributed by atoms with van der Waals surface area (Å²) < 4.78 is 22.4. The molecule has 2 nitrogen and oxygen atoms in total. The van der Waals surface area contributed by atoms with E-state index in [1.807, 2.05) is 13.8 Å². The minimum absolute atomic E-state index is 0.0933. The van der Waals surface area contributed by atoms with E-state index in [-0.39, 0.29) is 10.8 Å². The highest BCUT2D eigenvalue weighted by Gasteiger charge is 2.17. The zero-order chi connectivity index (χ0) is 10.9. The lowest BCUT2D eigenvalue weighted by atomic mass is 10.0. The molecule has 1 aromatic rings. The van der Waals surface area contributed by atoms with Crippen LogP contribution in [0.15, 0.2) is 23.1 Å². The van der Waals surface area contributed by atoms with Crippen molar-refractivity contribution in [2.45, 2.75) is 24.7 Å². The van der Waals surface area contributed by atoms with E-state index in [0.717, 1.165) is 0 Å². The summed E-state index contributed by atoms with van der Waals surface area (Å²) in [7, 11) is 1.58. The van der Waals surface area contributed by atoms with Crippen LogP contribution in [0.1, 0.15) is 25.3 Å². The van der Waals surface area contributed by atoms with Gasteiger partial charge in [-0.05, 0) is 23.6 Å². The first-order chi connectivity index (χ1) is 6.32. The Morgan fingerprint density at radius 1 is 1.29 bits per heavy atom. The van der Waals surface area contributed by atoms with E-state index in [1.54, 1.807) is 12.1 Å². The van der Waals surface area contributed by atoms with Gasteiger partial charge in [0.15, 0.2) is 0 Å².